The van der Waals surface area contributed by atoms with Crippen molar-refractivity contribution in [1.82, 2.24) is 9.88 Å². The maximum Gasteiger partial charge on any atom is 0.321 e. The number of hydrogen-bond acceptors (Lipinski definition) is 4. The minimum absolute atomic E-state index is 0.0589. The molecule has 0 saturated carbocycles. The first kappa shape index (κ1) is 21.2. The average molecular weight is 412 g/mol. The molecule has 8 heteroatoms. The van der Waals surface area contributed by atoms with Crippen LogP contribution in [0, 0.1) is 29.9 Å². The van der Waals surface area contributed by atoms with Gasteiger partial charge < -0.3 is 15.0 Å². The zero-order valence-electron chi connectivity index (χ0n) is 16.8. The summed E-state index contributed by atoms with van der Waals surface area (Å²) in [6, 6.07) is 5.18. The number of ether oxygens (including phenoxy) is 1. The van der Waals surface area contributed by atoms with Crippen molar-refractivity contribution >= 4 is 17.8 Å². The lowest BCUT2D eigenvalue weighted by molar-refractivity contribution is 0.207. The lowest BCUT2D eigenvalue weighted by Crippen LogP contribution is -2.39. The molecular weight excluding hydrogens is 390 g/mol. The van der Waals surface area contributed by atoms with Gasteiger partial charge in [-0.3, -0.25) is 4.98 Å². The fraction of sp³-hybridized carbons (Fsp3) is 0.318. The molecule has 30 heavy (non-hydrogen) atoms. The number of likely N-dealkylation sites (tertiary alicyclic amines) is 1. The minimum atomic E-state index is -0.768. The summed E-state index contributed by atoms with van der Waals surface area (Å²) in [6.45, 7) is 4.96. The Bertz CT molecular complexity index is 997. The standard InChI is InChI=1S/C22H22F2N4O2/c1-3-30-21-14(2)26-7-4-20(21)27-22(29)28-8-5-15(6-9-28)10-17-18(23)11-16(13-25)12-19(17)24/h4,7,10-12H,3,5-6,8-9H2,1-2H3,(H,26,27,29). The van der Waals surface area contributed by atoms with Crippen molar-refractivity contribution < 1.29 is 18.3 Å². The molecule has 1 aromatic carbocycles. The lowest BCUT2D eigenvalue weighted by atomic mass is 10.00. The summed E-state index contributed by atoms with van der Waals surface area (Å²) >= 11 is 0. The van der Waals surface area contributed by atoms with Gasteiger partial charge in [-0.25, -0.2) is 13.6 Å². The van der Waals surface area contributed by atoms with Crippen LogP contribution >= 0.6 is 0 Å². The van der Waals surface area contributed by atoms with Crippen LogP contribution in [0.15, 0.2) is 30.0 Å². The highest BCUT2D eigenvalue weighted by molar-refractivity contribution is 5.91. The van der Waals surface area contributed by atoms with E-state index in [1.165, 1.54) is 6.08 Å². The number of pyridine rings is 1. The second-order valence-electron chi connectivity index (χ2n) is 6.89. The van der Waals surface area contributed by atoms with Crippen molar-refractivity contribution in [1.29, 1.82) is 5.26 Å². The molecule has 1 aliphatic rings. The van der Waals surface area contributed by atoms with E-state index in [2.05, 4.69) is 10.3 Å². The summed E-state index contributed by atoms with van der Waals surface area (Å²) in [6.07, 6.45) is 4.08. The predicted octanol–water partition coefficient (Wildman–Crippen LogP) is 4.65. The van der Waals surface area contributed by atoms with E-state index in [4.69, 9.17) is 10.00 Å². The summed E-state index contributed by atoms with van der Waals surface area (Å²) in [5.41, 5.74) is 1.87. The molecule has 0 atom stereocenters. The second-order valence-corrected chi connectivity index (χ2v) is 6.89. The van der Waals surface area contributed by atoms with Crippen molar-refractivity contribution in [3.63, 3.8) is 0 Å². The number of hydrogen-bond donors (Lipinski definition) is 1. The van der Waals surface area contributed by atoms with Crippen LogP contribution in [-0.2, 0) is 0 Å². The summed E-state index contributed by atoms with van der Waals surface area (Å²) in [5.74, 6) is -0.996. The Kier molecular flexibility index (Phi) is 6.62. The molecule has 0 unspecified atom stereocenters. The Balaban J connectivity index is 1.66. The predicted molar refractivity (Wildman–Crippen MR) is 109 cm³/mol. The zero-order valence-corrected chi connectivity index (χ0v) is 16.8. The third-order valence-electron chi connectivity index (χ3n) is 4.86. The van der Waals surface area contributed by atoms with Crippen LogP contribution in [0.2, 0.25) is 0 Å². The van der Waals surface area contributed by atoms with Gasteiger partial charge in [0.25, 0.3) is 0 Å². The van der Waals surface area contributed by atoms with Gasteiger partial charge in [0.1, 0.15) is 11.6 Å². The quantitative estimate of drug-likeness (QED) is 0.793. The van der Waals surface area contributed by atoms with Gasteiger partial charge in [0, 0.05) is 24.8 Å². The second kappa shape index (κ2) is 9.35. The first-order valence-electron chi connectivity index (χ1n) is 9.65. The number of amides is 2. The van der Waals surface area contributed by atoms with Crippen molar-refractivity contribution in [2.75, 3.05) is 25.0 Å². The SMILES string of the molecule is CCOc1c(NC(=O)N2CCC(=Cc3c(F)cc(C#N)cc3F)CC2)ccnc1C. The molecule has 2 amide bonds. The van der Waals surface area contributed by atoms with E-state index < -0.39 is 11.6 Å². The van der Waals surface area contributed by atoms with Gasteiger partial charge in [-0.05, 0) is 51.0 Å². The Hall–Kier alpha value is -3.47. The van der Waals surface area contributed by atoms with Crippen LogP contribution < -0.4 is 10.1 Å². The maximum atomic E-state index is 14.1. The van der Waals surface area contributed by atoms with Crippen LogP contribution in [0.4, 0.5) is 19.3 Å². The van der Waals surface area contributed by atoms with Gasteiger partial charge >= 0.3 is 6.03 Å². The summed E-state index contributed by atoms with van der Waals surface area (Å²) in [4.78, 5) is 18.5. The van der Waals surface area contributed by atoms with Gasteiger partial charge in [0.2, 0.25) is 0 Å². The number of piperidine rings is 1. The molecule has 3 rings (SSSR count). The number of nitriles is 1. The van der Waals surface area contributed by atoms with E-state index in [1.54, 1.807) is 30.2 Å². The molecule has 0 bridgehead atoms. The molecular formula is C22H22F2N4O2. The molecule has 1 fully saturated rings. The third kappa shape index (κ3) is 4.74. The molecule has 6 nitrogen and oxygen atoms in total. The third-order valence-corrected chi connectivity index (χ3v) is 4.86. The van der Waals surface area contributed by atoms with Gasteiger partial charge in [-0.15, -0.1) is 0 Å². The van der Waals surface area contributed by atoms with E-state index in [1.807, 2.05) is 6.92 Å². The van der Waals surface area contributed by atoms with Crippen molar-refractivity contribution in [2.45, 2.75) is 26.7 Å². The first-order chi connectivity index (χ1) is 14.4. The molecule has 0 aliphatic carbocycles. The van der Waals surface area contributed by atoms with E-state index in [0.29, 0.717) is 49.7 Å². The van der Waals surface area contributed by atoms with E-state index >= 15 is 0 Å². The highest BCUT2D eigenvalue weighted by Gasteiger charge is 2.21. The topological polar surface area (TPSA) is 78.2 Å². The number of carbonyl (C=O) groups is 1. The number of rotatable bonds is 4. The summed E-state index contributed by atoms with van der Waals surface area (Å²) in [7, 11) is 0. The van der Waals surface area contributed by atoms with E-state index in [-0.39, 0.29) is 17.2 Å². The zero-order chi connectivity index (χ0) is 21.7. The number of anilines is 1. The summed E-state index contributed by atoms with van der Waals surface area (Å²) < 4.78 is 33.8. The maximum absolute atomic E-state index is 14.1. The molecule has 2 heterocycles. The number of aryl methyl sites for hydroxylation is 1. The van der Waals surface area contributed by atoms with Crippen LogP contribution in [0.1, 0.15) is 36.6 Å². The molecule has 1 aromatic heterocycles. The van der Waals surface area contributed by atoms with Crippen LogP contribution in [0.25, 0.3) is 6.08 Å². The average Bonchev–Trinajstić information content (AvgIpc) is 2.73. The number of nitrogens with zero attached hydrogens (tertiary/aromatic N) is 3. The fourth-order valence-electron chi connectivity index (χ4n) is 3.30. The van der Waals surface area contributed by atoms with Gasteiger partial charge in [-0.1, -0.05) is 5.57 Å². The Labute approximate surface area is 173 Å². The molecule has 2 aromatic rings. The molecule has 0 spiro atoms. The number of aromatic nitrogens is 1. The number of benzene rings is 1. The smallest absolute Gasteiger partial charge is 0.321 e. The largest absolute Gasteiger partial charge is 0.490 e. The monoisotopic (exact) mass is 412 g/mol. The van der Waals surface area contributed by atoms with E-state index in [9.17, 15) is 13.6 Å². The van der Waals surface area contributed by atoms with Crippen molar-refractivity contribution in [3.05, 3.63) is 58.4 Å². The van der Waals surface area contributed by atoms with Gasteiger partial charge in [0.15, 0.2) is 5.75 Å². The number of carbonyl (C=O) groups excluding carboxylic acids is 1. The Morgan fingerprint density at radius 3 is 2.60 bits per heavy atom. The number of nitrogens with one attached hydrogen (secondary N) is 1. The fourth-order valence-corrected chi connectivity index (χ4v) is 3.30. The Morgan fingerprint density at radius 2 is 2.00 bits per heavy atom. The Morgan fingerprint density at radius 1 is 1.33 bits per heavy atom. The molecule has 156 valence electrons. The number of halogens is 2. The molecule has 1 N–H and O–H groups in total. The van der Waals surface area contributed by atoms with E-state index in [0.717, 1.165) is 17.7 Å². The summed E-state index contributed by atoms with van der Waals surface area (Å²) in [5, 5.41) is 11.6. The van der Waals surface area contributed by atoms with Gasteiger partial charge in [0.05, 0.1) is 29.6 Å². The minimum Gasteiger partial charge on any atom is -0.490 e. The van der Waals surface area contributed by atoms with Crippen LogP contribution in [-0.4, -0.2) is 35.6 Å². The van der Waals surface area contributed by atoms with Gasteiger partial charge in [-0.2, -0.15) is 5.26 Å². The lowest BCUT2D eigenvalue weighted by Gasteiger charge is -2.29. The van der Waals surface area contributed by atoms with Crippen molar-refractivity contribution in [2.24, 2.45) is 0 Å². The molecule has 1 saturated heterocycles. The van der Waals surface area contributed by atoms with Crippen LogP contribution in [0.3, 0.4) is 0 Å². The highest BCUT2D eigenvalue weighted by Crippen LogP contribution is 2.28. The van der Waals surface area contributed by atoms with Crippen LogP contribution in [0.5, 0.6) is 5.75 Å². The number of urea groups is 1. The normalized spacial score (nSPS) is 13.6. The van der Waals surface area contributed by atoms with Crippen molar-refractivity contribution in [3.8, 4) is 11.8 Å². The molecule has 1 aliphatic heterocycles. The first-order valence-corrected chi connectivity index (χ1v) is 9.65. The molecule has 0 radical (unpaired) electrons. The highest BCUT2D eigenvalue weighted by atomic mass is 19.1.